The van der Waals surface area contributed by atoms with Gasteiger partial charge < -0.3 is 10.2 Å². The van der Waals surface area contributed by atoms with Crippen molar-refractivity contribution in [3.05, 3.63) is 58.1 Å². The molecule has 0 saturated heterocycles. The molecule has 0 aliphatic rings. The van der Waals surface area contributed by atoms with Gasteiger partial charge in [0.2, 0.25) is 0 Å². The molecule has 1 N–H and O–H groups in total. The van der Waals surface area contributed by atoms with Crippen LogP contribution in [0.4, 0.5) is 11.4 Å². The minimum Gasteiger partial charge on any atom is -0.381 e. The summed E-state index contributed by atoms with van der Waals surface area (Å²) in [6.45, 7) is 2.72. The Hall–Kier alpha value is -2.18. The van der Waals surface area contributed by atoms with Gasteiger partial charge in [-0.15, -0.1) is 0 Å². The number of nitriles is 1. The Kier molecular flexibility index (Phi) is 4.72. The smallest absolute Gasteiger partial charge is 0.0992 e. The van der Waals surface area contributed by atoms with E-state index in [0.717, 1.165) is 11.3 Å². The summed E-state index contributed by atoms with van der Waals surface area (Å²) in [4.78, 5) is 2.09. The number of hydrogen-bond donors (Lipinski definition) is 1. The molecule has 2 rings (SSSR count). The van der Waals surface area contributed by atoms with E-state index >= 15 is 0 Å². The van der Waals surface area contributed by atoms with E-state index in [-0.39, 0.29) is 0 Å². The topological polar surface area (TPSA) is 39.1 Å². The van der Waals surface area contributed by atoms with Gasteiger partial charge in [0, 0.05) is 37.0 Å². The zero-order valence-corrected chi connectivity index (χ0v) is 13.2. The van der Waals surface area contributed by atoms with E-state index in [9.17, 15) is 0 Å². The van der Waals surface area contributed by atoms with Crippen molar-refractivity contribution in [2.24, 2.45) is 0 Å². The Morgan fingerprint density at radius 2 is 1.95 bits per heavy atom. The molecule has 0 bridgehead atoms. The van der Waals surface area contributed by atoms with Gasteiger partial charge in [0.15, 0.2) is 0 Å². The van der Waals surface area contributed by atoms with E-state index in [1.165, 1.54) is 11.3 Å². The van der Waals surface area contributed by atoms with E-state index in [0.29, 0.717) is 17.1 Å². The Bertz CT molecular complexity index is 687. The van der Waals surface area contributed by atoms with Crippen LogP contribution in [0.25, 0.3) is 0 Å². The lowest BCUT2D eigenvalue weighted by Crippen LogP contribution is -2.11. The molecule has 2 aromatic carbocycles. The first-order chi connectivity index (χ1) is 10.0. The molecule has 108 valence electrons. The summed E-state index contributed by atoms with van der Waals surface area (Å²) in [5.74, 6) is 0. The number of nitrogens with one attached hydrogen (secondary N) is 1. The highest BCUT2D eigenvalue weighted by Crippen LogP contribution is 2.24. The number of hydrogen-bond acceptors (Lipinski definition) is 3. The lowest BCUT2D eigenvalue weighted by atomic mass is 10.1. The molecule has 0 atom stereocenters. The van der Waals surface area contributed by atoms with Crippen LogP contribution in [0, 0.1) is 18.3 Å². The van der Waals surface area contributed by atoms with Crippen LogP contribution >= 0.6 is 11.6 Å². The summed E-state index contributed by atoms with van der Waals surface area (Å²) < 4.78 is 0. The summed E-state index contributed by atoms with van der Waals surface area (Å²) in [5.41, 5.74) is 5.02. The van der Waals surface area contributed by atoms with E-state index in [1.54, 1.807) is 12.1 Å². The minimum atomic E-state index is 0.578. The average Bonchev–Trinajstić information content (AvgIpc) is 2.47. The average molecular weight is 300 g/mol. The fraction of sp³-hybridized carbons (Fsp3) is 0.235. The van der Waals surface area contributed by atoms with Gasteiger partial charge in [-0.2, -0.15) is 5.26 Å². The zero-order valence-electron chi connectivity index (χ0n) is 12.4. The Morgan fingerprint density at radius 3 is 2.57 bits per heavy atom. The maximum Gasteiger partial charge on any atom is 0.0992 e. The van der Waals surface area contributed by atoms with Gasteiger partial charge in [-0.3, -0.25) is 0 Å². The molecule has 21 heavy (non-hydrogen) atoms. The molecule has 0 heterocycles. The normalized spacial score (nSPS) is 10.0. The molecule has 0 aliphatic heterocycles. The van der Waals surface area contributed by atoms with Crippen LogP contribution in [-0.2, 0) is 6.54 Å². The van der Waals surface area contributed by atoms with Gasteiger partial charge >= 0.3 is 0 Å². The lowest BCUT2D eigenvalue weighted by molar-refractivity contribution is 1.10. The second kappa shape index (κ2) is 6.51. The number of anilines is 2. The van der Waals surface area contributed by atoms with Crippen LogP contribution in [0.5, 0.6) is 0 Å². The van der Waals surface area contributed by atoms with Crippen molar-refractivity contribution in [3.63, 3.8) is 0 Å². The fourth-order valence-corrected chi connectivity index (χ4v) is 2.41. The van der Waals surface area contributed by atoms with Crippen molar-refractivity contribution in [3.8, 4) is 6.07 Å². The van der Waals surface area contributed by atoms with Gasteiger partial charge in [-0.25, -0.2) is 0 Å². The summed E-state index contributed by atoms with van der Waals surface area (Å²) in [5, 5.41) is 12.8. The van der Waals surface area contributed by atoms with Crippen LogP contribution < -0.4 is 10.2 Å². The molecule has 0 aromatic heterocycles. The number of rotatable bonds is 4. The molecule has 0 aliphatic carbocycles. The summed E-state index contributed by atoms with van der Waals surface area (Å²) in [7, 11) is 4.06. The second-order valence-electron chi connectivity index (χ2n) is 5.17. The number of benzene rings is 2. The molecule has 0 fully saturated rings. The minimum absolute atomic E-state index is 0.578. The van der Waals surface area contributed by atoms with Gasteiger partial charge in [0.05, 0.1) is 11.6 Å². The maximum absolute atomic E-state index is 8.84. The molecule has 0 radical (unpaired) electrons. The molecule has 4 heteroatoms. The largest absolute Gasteiger partial charge is 0.381 e. The zero-order chi connectivity index (χ0) is 15.4. The second-order valence-corrected chi connectivity index (χ2v) is 5.57. The number of nitrogens with zero attached hydrogens (tertiary/aromatic N) is 2. The molecule has 0 unspecified atom stereocenters. The quantitative estimate of drug-likeness (QED) is 0.919. The first-order valence-electron chi connectivity index (χ1n) is 6.71. The van der Waals surface area contributed by atoms with Gasteiger partial charge in [0.1, 0.15) is 0 Å². The third kappa shape index (κ3) is 3.68. The van der Waals surface area contributed by atoms with Gasteiger partial charge in [-0.05, 0) is 42.3 Å². The first-order valence-corrected chi connectivity index (χ1v) is 7.09. The van der Waals surface area contributed by atoms with Crippen molar-refractivity contribution < 1.29 is 0 Å². The van der Waals surface area contributed by atoms with Crippen LogP contribution in [0.1, 0.15) is 16.7 Å². The lowest BCUT2D eigenvalue weighted by Gasteiger charge is -2.17. The van der Waals surface area contributed by atoms with Crippen LogP contribution in [0.15, 0.2) is 36.4 Å². The predicted octanol–water partition coefficient (Wildman–Crippen LogP) is 4.20. The van der Waals surface area contributed by atoms with Crippen LogP contribution in [-0.4, -0.2) is 14.1 Å². The number of halogens is 1. The van der Waals surface area contributed by atoms with E-state index in [2.05, 4.69) is 41.4 Å². The maximum atomic E-state index is 8.84. The summed E-state index contributed by atoms with van der Waals surface area (Å²) in [6.07, 6.45) is 0. The Morgan fingerprint density at radius 1 is 1.19 bits per heavy atom. The Labute approximate surface area is 130 Å². The summed E-state index contributed by atoms with van der Waals surface area (Å²) >= 11 is 6.18. The highest BCUT2D eigenvalue weighted by molar-refractivity contribution is 6.31. The SMILES string of the molecule is Cc1ccc(NCc2ccc(C#N)cc2Cl)cc1N(C)C. The highest BCUT2D eigenvalue weighted by atomic mass is 35.5. The van der Waals surface area contributed by atoms with Gasteiger partial charge in [0.25, 0.3) is 0 Å². The first kappa shape index (κ1) is 15.2. The number of aryl methyl sites for hydroxylation is 1. The van der Waals surface area contributed by atoms with E-state index in [1.807, 2.05) is 20.2 Å². The monoisotopic (exact) mass is 299 g/mol. The standard InChI is InChI=1S/C17H18ClN3/c1-12-4-7-15(9-17(12)21(2)3)20-11-14-6-5-13(10-19)8-16(14)18/h4-9,20H,11H2,1-3H3. The van der Waals surface area contributed by atoms with Crippen molar-refractivity contribution in [2.75, 3.05) is 24.3 Å². The molecular weight excluding hydrogens is 282 g/mol. The van der Waals surface area contributed by atoms with Crippen LogP contribution in [0.3, 0.4) is 0 Å². The van der Waals surface area contributed by atoms with Crippen molar-refractivity contribution in [1.82, 2.24) is 0 Å². The highest BCUT2D eigenvalue weighted by Gasteiger charge is 2.04. The van der Waals surface area contributed by atoms with Crippen molar-refractivity contribution >= 4 is 23.0 Å². The molecule has 0 amide bonds. The molecular formula is C17H18ClN3. The van der Waals surface area contributed by atoms with Crippen LogP contribution in [0.2, 0.25) is 5.02 Å². The molecule has 0 saturated carbocycles. The van der Waals surface area contributed by atoms with E-state index in [4.69, 9.17) is 16.9 Å². The fourth-order valence-electron chi connectivity index (χ4n) is 2.16. The Balaban J connectivity index is 2.13. The van der Waals surface area contributed by atoms with E-state index < -0.39 is 0 Å². The van der Waals surface area contributed by atoms with Gasteiger partial charge in [-0.1, -0.05) is 23.7 Å². The predicted molar refractivity (Wildman–Crippen MR) is 89.0 cm³/mol. The summed E-state index contributed by atoms with van der Waals surface area (Å²) in [6, 6.07) is 13.7. The molecule has 3 nitrogen and oxygen atoms in total. The van der Waals surface area contributed by atoms with Crippen molar-refractivity contribution in [2.45, 2.75) is 13.5 Å². The van der Waals surface area contributed by atoms with Crippen molar-refractivity contribution in [1.29, 1.82) is 5.26 Å². The molecule has 0 spiro atoms. The molecule has 2 aromatic rings. The third-order valence-corrected chi connectivity index (χ3v) is 3.71. The third-order valence-electron chi connectivity index (χ3n) is 3.36.